The fourth-order valence-electron chi connectivity index (χ4n) is 2.91. The van der Waals surface area contributed by atoms with Gasteiger partial charge in [0.1, 0.15) is 12.0 Å². The summed E-state index contributed by atoms with van der Waals surface area (Å²) in [5.41, 5.74) is 0.847. The fourth-order valence-corrected chi connectivity index (χ4v) is 4.50. The standard InChI is InChI=1S/C22H29NO4S/c1-2-3-4-5-12-17-21(28(25,26)20-15-10-7-11-16-20)23-22(24)27-18-19-13-8-6-9-14-19/h6-11,13-16,21H,2-5,12,17-18H2,1H3,(H,23,24). The van der Waals surface area contributed by atoms with Crippen LogP contribution in [0.1, 0.15) is 51.0 Å². The number of unbranched alkanes of at least 4 members (excludes halogenated alkanes) is 4. The number of alkyl carbamates (subject to hydrolysis) is 1. The van der Waals surface area contributed by atoms with Crippen molar-refractivity contribution >= 4 is 15.9 Å². The van der Waals surface area contributed by atoms with Gasteiger partial charge in [-0.25, -0.2) is 13.2 Å². The number of carbonyl (C=O) groups excluding carboxylic acids is 1. The zero-order chi connectivity index (χ0) is 20.2. The first-order valence-corrected chi connectivity index (χ1v) is 11.3. The summed E-state index contributed by atoms with van der Waals surface area (Å²) in [7, 11) is -3.68. The summed E-state index contributed by atoms with van der Waals surface area (Å²) in [6.45, 7) is 2.23. The van der Waals surface area contributed by atoms with Crippen LogP contribution in [-0.4, -0.2) is 19.9 Å². The molecule has 6 heteroatoms. The summed E-state index contributed by atoms with van der Waals surface area (Å²) in [6.07, 6.45) is 4.62. The van der Waals surface area contributed by atoms with Gasteiger partial charge >= 0.3 is 6.09 Å². The van der Waals surface area contributed by atoms with Crippen molar-refractivity contribution in [1.29, 1.82) is 0 Å². The second kappa shape index (κ2) is 11.5. The van der Waals surface area contributed by atoms with Crippen LogP contribution in [-0.2, 0) is 21.2 Å². The third-order valence-electron chi connectivity index (χ3n) is 4.51. The maximum atomic E-state index is 13.0. The van der Waals surface area contributed by atoms with E-state index in [1.807, 2.05) is 30.3 Å². The molecular weight excluding hydrogens is 374 g/mol. The lowest BCUT2D eigenvalue weighted by Gasteiger charge is -2.19. The van der Waals surface area contributed by atoms with Crippen LogP contribution >= 0.6 is 0 Å². The van der Waals surface area contributed by atoms with Crippen LogP contribution < -0.4 is 5.32 Å². The van der Waals surface area contributed by atoms with Crippen molar-refractivity contribution in [2.75, 3.05) is 0 Å². The minimum absolute atomic E-state index is 0.0985. The minimum Gasteiger partial charge on any atom is -0.445 e. The number of sulfone groups is 1. The van der Waals surface area contributed by atoms with Gasteiger partial charge in [0, 0.05) is 0 Å². The third-order valence-corrected chi connectivity index (χ3v) is 6.54. The highest BCUT2D eigenvalue weighted by Gasteiger charge is 2.29. The number of nitrogens with one attached hydrogen (secondary N) is 1. The smallest absolute Gasteiger partial charge is 0.408 e. The molecule has 1 N–H and O–H groups in total. The monoisotopic (exact) mass is 403 g/mol. The summed E-state index contributed by atoms with van der Waals surface area (Å²) in [5.74, 6) is 0. The molecule has 0 radical (unpaired) electrons. The first kappa shape index (κ1) is 22.0. The van der Waals surface area contributed by atoms with Gasteiger partial charge in [-0.2, -0.15) is 0 Å². The molecular formula is C22H29NO4S. The van der Waals surface area contributed by atoms with Crippen molar-refractivity contribution in [3.8, 4) is 0 Å². The molecule has 5 nitrogen and oxygen atoms in total. The van der Waals surface area contributed by atoms with E-state index in [1.165, 1.54) is 0 Å². The fraction of sp³-hybridized carbons (Fsp3) is 0.409. The number of carbonyl (C=O) groups is 1. The lowest BCUT2D eigenvalue weighted by Crippen LogP contribution is -2.41. The van der Waals surface area contributed by atoms with Crippen LogP contribution in [0.5, 0.6) is 0 Å². The predicted molar refractivity (Wildman–Crippen MR) is 111 cm³/mol. The maximum Gasteiger partial charge on any atom is 0.408 e. The Morgan fingerprint density at radius 2 is 1.54 bits per heavy atom. The Morgan fingerprint density at radius 3 is 2.18 bits per heavy atom. The van der Waals surface area contributed by atoms with Crippen molar-refractivity contribution in [3.05, 3.63) is 66.2 Å². The molecule has 2 aromatic carbocycles. The Kier molecular flexibility index (Phi) is 9.01. The zero-order valence-corrected chi connectivity index (χ0v) is 17.2. The van der Waals surface area contributed by atoms with Gasteiger partial charge in [0.05, 0.1) is 4.90 Å². The first-order valence-electron chi connectivity index (χ1n) is 9.80. The molecule has 0 heterocycles. The molecule has 0 aliphatic carbocycles. The van der Waals surface area contributed by atoms with E-state index < -0.39 is 21.3 Å². The van der Waals surface area contributed by atoms with Gasteiger partial charge in [0.15, 0.2) is 9.84 Å². The van der Waals surface area contributed by atoms with E-state index >= 15 is 0 Å². The van der Waals surface area contributed by atoms with Crippen molar-refractivity contribution in [2.24, 2.45) is 0 Å². The van der Waals surface area contributed by atoms with E-state index in [1.54, 1.807) is 30.3 Å². The van der Waals surface area contributed by atoms with Crippen molar-refractivity contribution in [2.45, 2.75) is 62.3 Å². The Balaban J connectivity index is 2.01. The number of ether oxygens (including phenoxy) is 1. The molecule has 1 unspecified atom stereocenters. The van der Waals surface area contributed by atoms with Gasteiger partial charge in [0.25, 0.3) is 0 Å². The molecule has 28 heavy (non-hydrogen) atoms. The van der Waals surface area contributed by atoms with Gasteiger partial charge < -0.3 is 10.1 Å². The first-order chi connectivity index (χ1) is 13.5. The molecule has 0 fully saturated rings. The summed E-state index contributed by atoms with van der Waals surface area (Å²) in [6, 6.07) is 17.5. The highest BCUT2D eigenvalue weighted by molar-refractivity contribution is 7.92. The molecule has 1 atom stereocenters. The predicted octanol–water partition coefficient (Wildman–Crippen LogP) is 5.07. The Bertz CT molecular complexity index is 807. The molecule has 0 aliphatic rings. The maximum absolute atomic E-state index is 13.0. The van der Waals surface area contributed by atoms with Crippen LogP contribution in [0.4, 0.5) is 4.79 Å². The van der Waals surface area contributed by atoms with Crippen LogP contribution in [0, 0.1) is 0 Å². The second-order valence-corrected chi connectivity index (χ2v) is 8.89. The minimum atomic E-state index is -3.68. The highest BCUT2D eigenvalue weighted by Crippen LogP contribution is 2.19. The molecule has 0 spiro atoms. The zero-order valence-electron chi connectivity index (χ0n) is 16.3. The topological polar surface area (TPSA) is 72.5 Å². The van der Waals surface area contributed by atoms with Gasteiger partial charge in [-0.15, -0.1) is 0 Å². The van der Waals surface area contributed by atoms with Gasteiger partial charge in [-0.3, -0.25) is 0 Å². The lowest BCUT2D eigenvalue weighted by molar-refractivity contribution is 0.138. The van der Waals surface area contributed by atoms with Crippen molar-refractivity contribution in [1.82, 2.24) is 5.32 Å². The average molecular weight is 404 g/mol. The lowest BCUT2D eigenvalue weighted by atomic mass is 10.1. The molecule has 0 aliphatic heterocycles. The number of rotatable bonds is 11. The van der Waals surface area contributed by atoms with Crippen LogP contribution in [0.2, 0.25) is 0 Å². The van der Waals surface area contributed by atoms with Crippen molar-refractivity contribution in [3.63, 3.8) is 0 Å². The van der Waals surface area contributed by atoms with Gasteiger partial charge in [-0.05, 0) is 24.1 Å². The van der Waals surface area contributed by atoms with Crippen LogP contribution in [0.25, 0.3) is 0 Å². The summed E-state index contributed by atoms with van der Waals surface area (Å²) < 4.78 is 31.2. The average Bonchev–Trinajstić information content (AvgIpc) is 2.72. The SMILES string of the molecule is CCCCCCCC(NC(=O)OCc1ccccc1)S(=O)(=O)c1ccccc1. The van der Waals surface area contributed by atoms with Crippen molar-refractivity contribution < 1.29 is 17.9 Å². The second-order valence-electron chi connectivity index (χ2n) is 6.76. The molecule has 152 valence electrons. The van der Waals surface area contributed by atoms with Gasteiger partial charge in [0.2, 0.25) is 0 Å². The molecule has 0 saturated heterocycles. The summed E-state index contributed by atoms with van der Waals surface area (Å²) >= 11 is 0. The van der Waals surface area contributed by atoms with Gasteiger partial charge in [-0.1, -0.05) is 87.6 Å². The largest absolute Gasteiger partial charge is 0.445 e. The third kappa shape index (κ3) is 7.00. The summed E-state index contributed by atoms with van der Waals surface area (Å²) in [5, 5.41) is 1.57. The van der Waals surface area contributed by atoms with E-state index in [2.05, 4.69) is 12.2 Å². The molecule has 0 aromatic heterocycles. The Hall–Kier alpha value is -2.34. The highest BCUT2D eigenvalue weighted by atomic mass is 32.2. The number of hydrogen-bond donors (Lipinski definition) is 1. The Labute approximate surface area is 168 Å². The molecule has 2 rings (SSSR count). The summed E-state index contributed by atoms with van der Waals surface area (Å²) in [4.78, 5) is 12.4. The van der Waals surface area contributed by atoms with E-state index in [0.29, 0.717) is 6.42 Å². The van der Waals surface area contributed by atoms with E-state index in [9.17, 15) is 13.2 Å². The normalized spacial score (nSPS) is 12.3. The molecule has 0 bridgehead atoms. The Morgan fingerprint density at radius 1 is 0.929 bits per heavy atom. The molecule has 0 saturated carbocycles. The molecule has 2 aromatic rings. The van der Waals surface area contributed by atoms with Crippen LogP contribution in [0.15, 0.2) is 65.6 Å². The van der Waals surface area contributed by atoms with E-state index in [-0.39, 0.29) is 11.5 Å². The number of amides is 1. The van der Waals surface area contributed by atoms with E-state index in [0.717, 1.165) is 37.7 Å². The molecule has 1 amide bonds. The van der Waals surface area contributed by atoms with Crippen LogP contribution in [0.3, 0.4) is 0 Å². The number of hydrogen-bond acceptors (Lipinski definition) is 4. The number of benzene rings is 2. The quantitative estimate of drug-likeness (QED) is 0.532. The van der Waals surface area contributed by atoms with E-state index in [4.69, 9.17) is 4.74 Å².